The highest BCUT2D eigenvalue weighted by Gasteiger charge is 2.09. The predicted octanol–water partition coefficient (Wildman–Crippen LogP) is 2.84. The molecule has 0 bridgehead atoms. The summed E-state index contributed by atoms with van der Waals surface area (Å²) in [5.74, 6) is -0.458. The Balaban J connectivity index is 2.51. The zero-order chi connectivity index (χ0) is 15.5. The molecule has 0 unspecified atom stereocenters. The van der Waals surface area contributed by atoms with Crippen molar-refractivity contribution in [2.45, 2.75) is 20.3 Å². The van der Waals surface area contributed by atoms with Crippen LogP contribution in [0.1, 0.15) is 30.6 Å². The lowest BCUT2D eigenvalue weighted by Crippen LogP contribution is -2.15. The maximum absolute atomic E-state index is 11.8. The van der Waals surface area contributed by atoms with Gasteiger partial charge in [0, 0.05) is 12.3 Å². The highest BCUT2D eigenvalue weighted by atomic mass is 16.6. The third-order valence-electron chi connectivity index (χ3n) is 2.45. The number of ether oxygens (including phenoxy) is 3. The minimum absolute atomic E-state index is 0.197. The van der Waals surface area contributed by atoms with Gasteiger partial charge in [0.1, 0.15) is 6.61 Å². The average molecular weight is 295 g/mol. The third kappa shape index (κ3) is 6.76. The van der Waals surface area contributed by atoms with E-state index >= 15 is 0 Å². The number of benzene rings is 1. The van der Waals surface area contributed by atoms with Crippen molar-refractivity contribution >= 4 is 17.7 Å². The molecule has 1 aromatic carbocycles. The second-order valence-corrected chi connectivity index (χ2v) is 4.17. The first-order valence-electron chi connectivity index (χ1n) is 6.96. The van der Waals surface area contributed by atoms with Gasteiger partial charge in [-0.15, -0.1) is 0 Å². The Morgan fingerprint density at radius 1 is 1.10 bits per heavy atom. The van der Waals surface area contributed by atoms with Crippen molar-refractivity contribution in [2.24, 2.45) is 0 Å². The van der Waals surface area contributed by atoms with Crippen LogP contribution < -0.4 is 5.32 Å². The molecule has 0 saturated carbocycles. The molecule has 1 N–H and O–H groups in total. The van der Waals surface area contributed by atoms with Crippen LogP contribution in [0, 0.1) is 0 Å². The van der Waals surface area contributed by atoms with Gasteiger partial charge in [0.2, 0.25) is 0 Å². The number of nitrogens with one attached hydrogen (secondary N) is 1. The van der Waals surface area contributed by atoms with Crippen molar-refractivity contribution in [1.82, 2.24) is 0 Å². The van der Waals surface area contributed by atoms with Crippen molar-refractivity contribution in [3.63, 3.8) is 0 Å². The number of hydrogen-bond donors (Lipinski definition) is 1. The molecule has 0 aliphatic rings. The van der Waals surface area contributed by atoms with E-state index in [9.17, 15) is 9.59 Å². The Labute approximate surface area is 124 Å². The van der Waals surface area contributed by atoms with E-state index in [-0.39, 0.29) is 6.61 Å². The first kappa shape index (κ1) is 17.0. The molecule has 1 aromatic rings. The van der Waals surface area contributed by atoms with Crippen LogP contribution in [0.5, 0.6) is 0 Å². The predicted molar refractivity (Wildman–Crippen MR) is 78.5 cm³/mol. The summed E-state index contributed by atoms with van der Waals surface area (Å²) >= 11 is 0. The summed E-state index contributed by atoms with van der Waals surface area (Å²) in [5.41, 5.74) is 0.843. The lowest BCUT2D eigenvalue weighted by molar-refractivity contribution is 0.0335. The fraction of sp³-hybridized carbons (Fsp3) is 0.467. The van der Waals surface area contributed by atoms with Crippen molar-refractivity contribution < 1.29 is 23.8 Å². The van der Waals surface area contributed by atoms with Gasteiger partial charge in [0.25, 0.3) is 0 Å². The molecule has 116 valence electrons. The molecule has 1 rings (SSSR count). The summed E-state index contributed by atoms with van der Waals surface area (Å²) in [4.78, 5) is 23.2. The van der Waals surface area contributed by atoms with Crippen LogP contribution >= 0.6 is 0 Å². The number of esters is 1. The van der Waals surface area contributed by atoms with Crippen LogP contribution in [0.25, 0.3) is 0 Å². The van der Waals surface area contributed by atoms with Gasteiger partial charge in [-0.3, -0.25) is 5.32 Å². The number of carbonyl (C=O) groups excluding carboxylic acids is 2. The molecule has 0 aliphatic heterocycles. The van der Waals surface area contributed by atoms with E-state index in [0.717, 1.165) is 6.42 Å². The molecule has 0 spiro atoms. The fourth-order valence-electron chi connectivity index (χ4n) is 1.49. The van der Waals surface area contributed by atoms with Crippen molar-refractivity contribution in [1.29, 1.82) is 0 Å². The molecule has 6 nitrogen and oxygen atoms in total. The summed E-state index contributed by atoms with van der Waals surface area (Å²) in [6.45, 7) is 5.27. The van der Waals surface area contributed by atoms with E-state index in [4.69, 9.17) is 14.2 Å². The molecule has 0 heterocycles. The van der Waals surface area contributed by atoms with E-state index in [2.05, 4.69) is 5.32 Å². The van der Waals surface area contributed by atoms with Crippen LogP contribution in [-0.2, 0) is 14.2 Å². The second-order valence-electron chi connectivity index (χ2n) is 4.17. The van der Waals surface area contributed by atoms with Gasteiger partial charge in [-0.25, -0.2) is 9.59 Å². The Kier molecular flexibility index (Phi) is 7.89. The molecule has 0 aliphatic carbocycles. The van der Waals surface area contributed by atoms with Crippen molar-refractivity contribution in [3.05, 3.63) is 29.8 Å². The van der Waals surface area contributed by atoms with Gasteiger partial charge in [-0.05, 0) is 31.5 Å². The molecule has 21 heavy (non-hydrogen) atoms. The SMILES string of the molecule is CCCOC(=O)Nc1cccc(C(=O)OCCOCC)c1. The first-order chi connectivity index (χ1) is 10.2. The standard InChI is InChI=1S/C15H21NO5/c1-3-8-21-15(18)16-13-7-5-6-12(11-13)14(17)20-10-9-19-4-2/h5-7,11H,3-4,8-10H2,1-2H3,(H,16,18). The summed E-state index contributed by atoms with van der Waals surface area (Å²) < 4.78 is 15.0. The molecule has 6 heteroatoms. The normalized spacial score (nSPS) is 10.0. The number of rotatable bonds is 8. The molecule has 0 aromatic heterocycles. The molecule has 0 fully saturated rings. The monoisotopic (exact) mass is 295 g/mol. The fourth-order valence-corrected chi connectivity index (χ4v) is 1.49. The lowest BCUT2D eigenvalue weighted by Gasteiger charge is -2.08. The zero-order valence-corrected chi connectivity index (χ0v) is 12.4. The molecule has 1 amide bonds. The molecular formula is C15H21NO5. The number of hydrogen-bond acceptors (Lipinski definition) is 5. The van der Waals surface area contributed by atoms with E-state index in [1.54, 1.807) is 18.2 Å². The number of amides is 1. The summed E-state index contributed by atoms with van der Waals surface area (Å²) in [6.07, 6.45) is 0.207. The number of anilines is 1. The molecule has 0 radical (unpaired) electrons. The Morgan fingerprint density at radius 2 is 1.90 bits per heavy atom. The van der Waals surface area contributed by atoms with Crippen molar-refractivity contribution in [2.75, 3.05) is 31.7 Å². The van der Waals surface area contributed by atoms with Crippen LogP contribution in [0.4, 0.5) is 10.5 Å². The smallest absolute Gasteiger partial charge is 0.411 e. The summed E-state index contributed by atoms with van der Waals surface area (Å²) in [7, 11) is 0. The minimum Gasteiger partial charge on any atom is -0.460 e. The maximum Gasteiger partial charge on any atom is 0.411 e. The van der Waals surface area contributed by atoms with E-state index in [0.29, 0.717) is 31.1 Å². The van der Waals surface area contributed by atoms with Gasteiger partial charge in [-0.2, -0.15) is 0 Å². The third-order valence-corrected chi connectivity index (χ3v) is 2.45. The maximum atomic E-state index is 11.8. The molecule has 0 atom stereocenters. The Hall–Kier alpha value is -2.08. The van der Waals surface area contributed by atoms with Crippen LogP contribution in [0.3, 0.4) is 0 Å². The average Bonchev–Trinajstić information content (AvgIpc) is 2.49. The lowest BCUT2D eigenvalue weighted by atomic mass is 10.2. The Bertz CT molecular complexity index is 461. The topological polar surface area (TPSA) is 73.9 Å². The van der Waals surface area contributed by atoms with Gasteiger partial charge in [0.05, 0.1) is 18.8 Å². The summed E-state index contributed by atoms with van der Waals surface area (Å²) in [6, 6.07) is 6.49. The summed E-state index contributed by atoms with van der Waals surface area (Å²) in [5, 5.41) is 2.55. The molecular weight excluding hydrogens is 274 g/mol. The Morgan fingerprint density at radius 3 is 2.62 bits per heavy atom. The first-order valence-corrected chi connectivity index (χ1v) is 6.96. The van der Waals surface area contributed by atoms with Crippen LogP contribution in [0.15, 0.2) is 24.3 Å². The molecule has 0 saturated heterocycles. The van der Waals surface area contributed by atoms with Gasteiger partial charge in [-0.1, -0.05) is 13.0 Å². The van der Waals surface area contributed by atoms with E-state index < -0.39 is 12.1 Å². The van der Waals surface area contributed by atoms with Gasteiger partial charge < -0.3 is 14.2 Å². The zero-order valence-electron chi connectivity index (χ0n) is 12.4. The quantitative estimate of drug-likeness (QED) is 0.589. The van der Waals surface area contributed by atoms with Crippen LogP contribution in [0.2, 0.25) is 0 Å². The van der Waals surface area contributed by atoms with Crippen LogP contribution in [-0.4, -0.2) is 38.5 Å². The van der Waals surface area contributed by atoms with Gasteiger partial charge >= 0.3 is 12.1 Å². The highest BCUT2D eigenvalue weighted by molar-refractivity contribution is 5.92. The minimum atomic E-state index is -0.543. The van der Waals surface area contributed by atoms with Gasteiger partial charge in [0.15, 0.2) is 0 Å². The highest BCUT2D eigenvalue weighted by Crippen LogP contribution is 2.12. The van der Waals surface area contributed by atoms with E-state index in [1.807, 2.05) is 13.8 Å². The van der Waals surface area contributed by atoms with Crippen molar-refractivity contribution in [3.8, 4) is 0 Å². The largest absolute Gasteiger partial charge is 0.460 e. The van der Waals surface area contributed by atoms with E-state index in [1.165, 1.54) is 6.07 Å². The number of carbonyl (C=O) groups is 2. The second kappa shape index (κ2) is 9.77.